The highest BCUT2D eigenvalue weighted by atomic mass is 32.2. The SMILES string of the molecule is CN(C)S(=O)(=O)c1cccc(C(=O)OCc2ncc(-c3ccccc3)o2)c1. The molecule has 0 aliphatic heterocycles. The molecule has 27 heavy (non-hydrogen) atoms. The molecule has 0 radical (unpaired) electrons. The number of nitrogens with zero attached hydrogens (tertiary/aromatic N) is 2. The fourth-order valence-corrected chi connectivity index (χ4v) is 3.27. The number of sulfonamides is 1. The first kappa shape index (κ1) is 18.8. The van der Waals surface area contributed by atoms with Crippen LogP contribution < -0.4 is 0 Å². The van der Waals surface area contributed by atoms with Crippen molar-refractivity contribution < 1.29 is 22.4 Å². The number of hydrogen-bond acceptors (Lipinski definition) is 6. The number of esters is 1. The highest BCUT2D eigenvalue weighted by molar-refractivity contribution is 7.89. The minimum Gasteiger partial charge on any atom is -0.452 e. The van der Waals surface area contributed by atoms with E-state index in [1.165, 1.54) is 38.4 Å². The van der Waals surface area contributed by atoms with E-state index in [0.29, 0.717) is 5.76 Å². The molecule has 0 aliphatic carbocycles. The third kappa shape index (κ3) is 4.24. The van der Waals surface area contributed by atoms with E-state index in [1.807, 2.05) is 30.3 Å². The van der Waals surface area contributed by atoms with Crippen molar-refractivity contribution >= 4 is 16.0 Å². The van der Waals surface area contributed by atoms with Gasteiger partial charge in [-0.3, -0.25) is 0 Å². The Hall–Kier alpha value is -2.97. The zero-order chi connectivity index (χ0) is 19.4. The normalized spacial score (nSPS) is 11.5. The summed E-state index contributed by atoms with van der Waals surface area (Å²) in [7, 11) is -0.785. The molecular formula is C19H18N2O5S. The number of rotatable bonds is 6. The van der Waals surface area contributed by atoms with Gasteiger partial charge >= 0.3 is 5.97 Å². The molecule has 3 rings (SSSR count). The van der Waals surface area contributed by atoms with E-state index in [4.69, 9.17) is 9.15 Å². The maximum absolute atomic E-state index is 12.2. The van der Waals surface area contributed by atoms with E-state index in [-0.39, 0.29) is 23.0 Å². The van der Waals surface area contributed by atoms with E-state index < -0.39 is 16.0 Å². The minimum absolute atomic E-state index is 0.0180. The highest BCUT2D eigenvalue weighted by Gasteiger charge is 2.19. The van der Waals surface area contributed by atoms with Gasteiger partial charge in [-0.25, -0.2) is 22.5 Å². The molecule has 0 saturated carbocycles. The van der Waals surface area contributed by atoms with Gasteiger partial charge < -0.3 is 9.15 Å². The quantitative estimate of drug-likeness (QED) is 0.605. The number of benzene rings is 2. The van der Waals surface area contributed by atoms with Crippen LogP contribution in [-0.4, -0.2) is 37.8 Å². The summed E-state index contributed by atoms with van der Waals surface area (Å²) >= 11 is 0. The highest BCUT2D eigenvalue weighted by Crippen LogP contribution is 2.20. The fraction of sp³-hybridized carbons (Fsp3) is 0.158. The summed E-state index contributed by atoms with van der Waals surface area (Å²) in [4.78, 5) is 16.4. The Bertz CT molecular complexity index is 1040. The standard InChI is InChI=1S/C19H18N2O5S/c1-21(2)27(23,24)16-10-6-9-15(11-16)19(22)25-13-18-20-12-17(26-18)14-7-4-3-5-8-14/h3-12H,13H2,1-2H3. The maximum Gasteiger partial charge on any atom is 0.338 e. The first-order valence-electron chi connectivity index (χ1n) is 8.08. The van der Waals surface area contributed by atoms with Crippen LogP contribution in [0.5, 0.6) is 0 Å². The minimum atomic E-state index is -3.63. The van der Waals surface area contributed by atoms with E-state index >= 15 is 0 Å². The summed E-state index contributed by atoms with van der Waals surface area (Å²) in [6.45, 7) is -0.156. The Morgan fingerprint density at radius 2 is 1.85 bits per heavy atom. The van der Waals surface area contributed by atoms with Crippen LogP contribution in [-0.2, 0) is 21.4 Å². The predicted molar refractivity (Wildman–Crippen MR) is 98.4 cm³/mol. The van der Waals surface area contributed by atoms with Crippen molar-refractivity contribution in [1.29, 1.82) is 0 Å². The molecule has 0 spiro atoms. The number of ether oxygens (including phenoxy) is 1. The van der Waals surface area contributed by atoms with Crippen molar-refractivity contribution in [3.05, 3.63) is 72.2 Å². The van der Waals surface area contributed by atoms with Crippen LogP contribution >= 0.6 is 0 Å². The third-order valence-corrected chi connectivity index (χ3v) is 5.60. The molecule has 2 aromatic carbocycles. The van der Waals surface area contributed by atoms with Crippen LogP contribution in [0.1, 0.15) is 16.2 Å². The van der Waals surface area contributed by atoms with Crippen molar-refractivity contribution in [3.8, 4) is 11.3 Å². The number of aromatic nitrogens is 1. The van der Waals surface area contributed by atoms with Gasteiger partial charge in [-0.2, -0.15) is 0 Å². The molecule has 3 aromatic rings. The topological polar surface area (TPSA) is 89.7 Å². The van der Waals surface area contributed by atoms with Crippen LogP contribution in [0.25, 0.3) is 11.3 Å². The van der Waals surface area contributed by atoms with Gasteiger partial charge in [-0.05, 0) is 18.2 Å². The smallest absolute Gasteiger partial charge is 0.338 e. The number of oxazole rings is 1. The molecule has 0 amide bonds. The molecule has 7 nitrogen and oxygen atoms in total. The van der Waals surface area contributed by atoms with Gasteiger partial charge in [0.05, 0.1) is 16.7 Å². The van der Waals surface area contributed by atoms with Crippen LogP contribution in [0.15, 0.2) is 70.1 Å². The lowest BCUT2D eigenvalue weighted by atomic mass is 10.2. The van der Waals surface area contributed by atoms with Crippen LogP contribution in [0, 0.1) is 0 Å². The Morgan fingerprint density at radius 1 is 1.11 bits per heavy atom. The summed E-state index contributed by atoms with van der Waals surface area (Å²) in [5, 5.41) is 0. The zero-order valence-electron chi connectivity index (χ0n) is 14.8. The van der Waals surface area contributed by atoms with E-state index in [1.54, 1.807) is 6.20 Å². The van der Waals surface area contributed by atoms with Crippen LogP contribution in [0.3, 0.4) is 0 Å². The molecule has 0 fully saturated rings. The van der Waals surface area contributed by atoms with Crippen molar-refractivity contribution in [3.63, 3.8) is 0 Å². The molecule has 0 aliphatic rings. The molecule has 1 aromatic heterocycles. The third-order valence-electron chi connectivity index (χ3n) is 3.79. The maximum atomic E-state index is 12.2. The fourth-order valence-electron chi connectivity index (χ4n) is 2.32. The van der Waals surface area contributed by atoms with Gasteiger partial charge in [-0.1, -0.05) is 36.4 Å². The molecule has 0 saturated heterocycles. The zero-order valence-corrected chi connectivity index (χ0v) is 15.6. The average Bonchev–Trinajstić information content (AvgIpc) is 3.16. The molecule has 1 heterocycles. The van der Waals surface area contributed by atoms with Crippen LogP contribution in [0.2, 0.25) is 0 Å². The summed E-state index contributed by atoms with van der Waals surface area (Å²) in [5.74, 6) is 0.158. The summed E-state index contributed by atoms with van der Waals surface area (Å²) in [5.41, 5.74) is 0.997. The summed E-state index contributed by atoms with van der Waals surface area (Å²) in [6, 6.07) is 15.1. The number of hydrogen-bond donors (Lipinski definition) is 0. The average molecular weight is 386 g/mol. The largest absolute Gasteiger partial charge is 0.452 e. The second-order valence-corrected chi connectivity index (χ2v) is 8.03. The van der Waals surface area contributed by atoms with Gasteiger partial charge in [0.1, 0.15) is 0 Å². The van der Waals surface area contributed by atoms with Crippen molar-refractivity contribution in [1.82, 2.24) is 9.29 Å². The van der Waals surface area contributed by atoms with Gasteiger partial charge in [0.15, 0.2) is 12.4 Å². The van der Waals surface area contributed by atoms with Gasteiger partial charge in [0.25, 0.3) is 0 Å². The molecule has 0 unspecified atom stereocenters. The summed E-state index contributed by atoms with van der Waals surface area (Å²) < 4.78 is 36.2. The first-order valence-corrected chi connectivity index (χ1v) is 9.52. The summed E-state index contributed by atoms with van der Waals surface area (Å²) in [6.07, 6.45) is 1.56. The second kappa shape index (κ2) is 7.73. The molecule has 8 heteroatoms. The number of carbonyl (C=O) groups excluding carboxylic acids is 1. The van der Waals surface area contributed by atoms with E-state index in [9.17, 15) is 13.2 Å². The number of carbonyl (C=O) groups is 1. The van der Waals surface area contributed by atoms with Crippen molar-refractivity contribution in [2.24, 2.45) is 0 Å². The molecule has 0 atom stereocenters. The molecule has 0 N–H and O–H groups in total. The Labute approximate surface area is 157 Å². The lowest BCUT2D eigenvalue weighted by molar-refractivity contribution is 0.0438. The van der Waals surface area contributed by atoms with E-state index in [0.717, 1.165) is 9.87 Å². The molecule has 140 valence electrons. The van der Waals surface area contributed by atoms with Gasteiger partial charge in [0.2, 0.25) is 15.9 Å². The Kier molecular flexibility index (Phi) is 5.38. The monoisotopic (exact) mass is 386 g/mol. The van der Waals surface area contributed by atoms with Crippen molar-refractivity contribution in [2.45, 2.75) is 11.5 Å². The van der Waals surface area contributed by atoms with E-state index in [2.05, 4.69) is 4.98 Å². The Morgan fingerprint density at radius 3 is 2.56 bits per heavy atom. The van der Waals surface area contributed by atoms with Gasteiger partial charge in [0, 0.05) is 19.7 Å². The Balaban J connectivity index is 1.69. The predicted octanol–water partition coefficient (Wildman–Crippen LogP) is 2.95. The lowest BCUT2D eigenvalue weighted by Gasteiger charge is -2.12. The second-order valence-electron chi connectivity index (χ2n) is 5.88. The molecule has 0 bridgehead atoms. The first-order chi connectivity index (χ1) is 12.9. The van der Waals surface area contributed by atoms with Crippen LogP contribution in [0.4, 0.5) is 0 Å². The van der Waals surface area contributed by atoms with Gasteiger partial charge in [-0.15, -0.1) is 0 Å². The lowest BCUT2D eigenvalue weighted by Crippen LogP contribution is -2.22. The van der Waals surface area contributed by atoms with Crippen molar-refractivity contribution in [2.75, 3.05) is 14.1 Å². The molecular weight excluding hydrogens is 368 g/mol.